The molecule has 30 heavy (non-hydrogen) atoms. The number of hydrogen-bond acceptors (Lipinski definition) is 6. The van der Waals surface area contributed by atoms with Crippen molar-refractivity contribution in [2.75, 3.05) is 13.7 Å². The van der Waals surface area contributed by atoms with Crippen molar-refractivity contribution in [3.05, 3.63) is 66.2 Å². The molecule has 3 aromatic rings. The summed E-state index contributed by atoms with van der Waals surface area (Å²) in [6, 6.07) is 13.3. The molecule has 1 heterocycles. The third-order valence-corrected chi connectivity index (χ3v) is 5.52. The second-order valence-corrected chi connectivity index (χ2v) is 7.45. The average molecular weight is 424 g/mol. The number of nitrogens with zero attached hydrogens (tertiary/aromatic N) is 3. The molecule has 3 rings (SSSR count). The number of methoxy groups -OCH3 is 1. The molecule has 0 aliphatic heterocycles. The van der Waals surface area contributed by atoms with Crippen LogP contribution in [0.15, 0.2) is 60.3 Å². The van der Waals surface area contributed by atoms with Gasteiger partial charge in [-0.05, 0) is 44.2 Å². The summed E-state index contributed by atoms with van der Waals surface area (Å²) < 4.78 is 13.2. The smallest absolute Gasteiger partial charge is 0.192 e. The van der Waals surface area contributed by atoms with E-state index in [4.69, 9.17) is 9.47 Å². The van der Waals surface area contributed by atoms with Gasteiger partial charge in [0.05, 0.1) is 19.3 Å². The number of allylic oxidation sites excluding steroid dienone is 1. The molecule has 2 aromatic carbocycles. The van der Waals surface area contributed by atoms with Crippen molar-refractivity contribution in [2.45, 2.75) is 31.3 Å². The lowest BCUT2D eigenvalue weighted by Crippen LogP contribution is -2.03. The molecule has 0 fully saturated rings. The van der Waals surface area contributed by atoms with Gasteiger partial charge in [0.2, 0.25) is 0 Å². The second kappa shape index (κ2) is 10.1. The van der Waals surface area contributed by atoms with Gasteiger partial charge in [0.25, 0.3) is 0 Å². The molecule has 0 radical (unpaired) electrons. The molecular weight excluding hydrogens is 398 g/mol. The summed E-state index contributed by atoms with van der Waals surface area (Å²) >= 11 is 1.54. The SMILES string of the molecule is C=CCn1c(SCc2cc(C(C)=O)ccc2OCC)nnc1-c1ccccc1OC. The quantitative estimate of drug-likeness (QED) is 0.259. The normalized spacial score (nSPS) is 10.6. The molecule has 0 saturated carbocycles. The molecule has 0 saturated heterocycles. The first-order chi connectivity index (χ1) is 14.6. The lowest BCUT2D eigenvalue weighted by atomic mass is 10.1. The number of Topliss-reactive ketones (excluding diaryl/α,β-unsaturated/α-hetero) is 1. The average Bonchev–Trinajstić information content (AvgIpc) is 3.15. The molecule has 0 spiro atoms. The van der Waals surface area contributed by atoms with Gasteiger partial charge >= 0.3 is 0 Å². The van der Waals surface area contributed by atoms with Gasteiger partial charge < -0.3 is 9.47 Å². The Balaban J connectivity index is 1.93. The maximum absolute atomic E-state index is 11.8. The minimum absolute atomic E-state index is 0.0255. The number of hydrogen-bond donors (Lipinski definition) is 0. The van der Waals surface area contributed by atoms with Crippen LogP contribution in [-0.4, -0.2) is 34.3 Å². The highest BCUT2D eigenvalue weighted by molar-refractivity contribution is 7.98. The van der Waals surface area contributed by atoms with E-state index in [1.54, 1.807) is 20.1 Å². The minimum Gasteiger partial charge on any atom is -0.496 e. The Morgan fingerprint density at radius 3 is 2.70 bits per heavy atom. The van der Waals surface area contributed by atoms with Crippen molar-refractivity contribution in [2.24, 2.45) is 0 Å². The molecule has 0 unspecified atom stereocenters. The van der Waals surface area contributed by atoms with E-state index in [9.17, 15) is 4.79 Å². The zero-order valence-electron chi connectivity index (χ0n) is 17.4. The summed E-state index contributed by atoms with van der Waals surface area (Å²) in [5.41, 5.74) is 2.48. The van der Waals surface area contributed by atoms with Crippen molar-refractivity contribution < 1.29 is 14.3 Å². The number of benzene rings is 2. The Kier molecular flexibility index (Phi) is 7.30. The molecule has 0 aliphatic carbocycles. The fourth-order valence-electron chi connectivity index (χ4n) is 3.07. The standard InChI is InChI=1S/C23H25N3O3S/c1-5-13-26-22(19-9-7-8-10-21(19)28-4)24-25-23(26)30-15-18-14-17(16(3)27)11-12-20(18)29-6-2/h5,7-12,14H,1,6,13,15H2,2-4H3. The Labute approximate surface area is 180 Å². The molecule has 0 aliphatic rings. The molecule has 0 N–H and O–H groups in total. The lowest BCUT2D eigenvalue weighted by molar-refractivity contribution is 0.101. The van der Waals surface area contributed by atoms with E-state index in [2.05, 4.69) is 16.8 Å². The predicted molar refractivity (Wildman–Crippen MR) is 119 cm³/mol. The number of rotatable bonds is 10. The van der Waals surface area contributed by atoms with Crippen LogP contribution < -0.4 is 9.47 Å². The van der Waals surface area contributed by atoms with E-state index in [0.717, 1.165) is 33.6 Å². The molecule has 0 bridgehead atoms. The van der Waals surface area contributed by atoms with Gasteiger partial charge in [-0.2, -0.15) is 0 Å². The van der Waals surface area contributed by atoms with Gasteiger partial charge in [0.1, 0.15) is 11.5 Å². The first-order valence-corrected chi connectivity index (χ1v) is 10.6. The molecule has 1 aromatic heterocycles. The van der Waals surface area contributed by atoms with Crippen molar-refractivity contribution in [3.63, 3.8) is 0 Å². The van der Waals surface area contributed by atoms with E-state index in [-0.39, 0.29) is 5.78 Å². The molecule has 6 nitrogen and oxygen atoms in total. The van der Waals surface area contributed by atoms with Gasteiger partial charge in [0.15, 0.2) is 16.8 Å². The highest BCUT2D eigenvalue weighted by atomic mass is 32.2. The number of thioether (sulfide) groups is 1. The van der Waals surface area contributed by atoms with Crippen LogP contribution in [0.25, 0.3) is 11.4 Å². The number of carbonyl (C=O) groups is 1. The van der Waals surface area contributed by atoms with E-state index >= 15 is 0 Å². The highest BCUT2D eigenvalue weighted by Crippen LogP contribution is 2.33. The van der Waals surface area contributed by atoms with Crippen LogP contribution >= 0.6 is 11.8 Å². The first kappa shape index (κ1) is 21.6. The van der Waals surface area contributed by atoms with Crippen LogP contribution in [0.5, 0.6) is 11.5 Å². The maximum atomic E-state index is 11.8. The number of aromatic nitrogens is 3. The third-order valence-electron chi connectivity index (χ3n) is 4.50. The van der Waals surface area contributed by atoms with Gasteiger partial charge in [0, 0.05) is 23.4 Å². The molecule has 0 amide bonds. The van der Waals surface area contributed by atoms with Crippen molar-refractivity contribution in [3.8, 4) is 22.9 Å². The summed E-state index contributed by atoms with van der Waals surface area (Å²) in [4.78, 5) is 11.8. The number of ether oxygens (including phenoxy) is 2. The van der Waals surface area contributed by atoms with Crippen molar-refractivity contribution in [1.82, 2.24) is 14.8 Å². The van der Waals surface area contributed by atoms with Crippen LogP contribution in [0.4, 0.5) is 0 Å². The van der Waals surface area contributed by atoms with Crippen LogP contribution in [0.3, 0.4) is 0 Å². The topological polar surface area (TPSA) is 66.2 Å². The van der Waals surface area contributed by atoms with Crippen LogP contribution in [0.2, 0.25) is 0 Å². The zero-order valence-corrected chi connectivity index (χ0v) is 18.2. The van der Waals surface area contributed by atoms with Crippen molar-refractivity contribution >= 4 is 17.5 Å². The predicted octanol–water partition coefficient (Wildman–Crippen LogP) is 5.03. The fourth-order valence-corrected chi connectivity index (χ4v) is 3.99. The number of ketones is 1. The van der Waals surface area contributed by atoms with Gasteiger partial charge in [-0.3, -0.25) is 9.36 Å². The second-order valence-electron chi connectivity index (χ2n) is 6.51. The largest absolute Gasteiger partial charge is 0.496 e. The number of para-hydroxylation sites is 1. The first-order valence-electron chi connectivity index (χ1n) is 9.66. The lowest BCUT2D eigenvalue weighted by Gasteiger charge is -2.12. The maximum Gasteiger partial charge on any atom is 0.192 e. The summed E-state index contributed by atoms with van der Waals surface area (Å²) in [6.07, 6.45) is 1.81. The number of carbonyl (C=O) groups excluding carboxylic acids is 1. The molecule has 0 atom stereocenters. The zero-order chi connectivity index (χ0) is 21.5. The van der Waals surface area contributed by atoms with Gasteiger partial charge in [-0.15, -0.1) is 16.8 Å². The third kappa shape index (κ3) is 4.74. The molecule has 7 heteroatoms. The minimum atomic E-state index is 0.0255. The summed E-state index contributed by atoms with van der Waals surface area (Å²) in [5.74, 6) is 2.85. The Morgan fingerprint density at radius 1 is 1.20 bits per heavy atom. The highest BCUT2D eigenvalue weighted by Gasteiger charge is 2.17. The van der Waals surface area contributed by atoms with Crippen LogP contribution in [0, 0.1) is 0 Å². The van der Waals surface area contributed by atoms with Gasteiger partial charge in [-0.1, -0.05) is 30.0 Å². The van der Waals surface area contributed by atoms with E-state index in [1.807, 2.05) is 54.0 Å². The Hall–Kier alpha value is -3.06. The Morgan fingerprint density at radius 2 is 2.00 bits per heavy atom. The molecular formula is C23H25N3O3S. The van der Waals surface area contributed by atoms with Gasteiger partial charge in [-0.25, -0.2) is 0 Å². The van der Waals surface area contributed by atoms with E-state index in [0.29, 0.717) is 24.5 Å². The van der Waals surface area contributed by atoms with E-state index < -0.39 is 0 Å². The monoisotopic (exact) mass is 423 g/mol. The fraction of sp³-hybridized carbons (Fsp3) is 0.261. The van der Waals surface area contributed by atoms with Crippen molar-refractivity contribution in [1.29, 1.82) is 0 Å². The van der Waals surface area contributed by atoms with Crippen LogP contribution in [0.1, 0.15) is 29.8 Å². The Bertz CT molecular complexity index is 1050. The summed E-state index contributed by atoms with van der Waals surface area (Å²) in [7, 11) is 1.64. The van der Waals surface area contributed by atoms with E-state index in [1.165, 1.54) is 11.8 Å². The summed E-state index contributed by atoms with van der Waals surface area (Å²) in [5, 5.41) is 9.57. The summed E-state index contributed by atoms with van der Waals surface area (Å²) in [6.45, 7) is 8.49. The van der Waals surface area contributed by atoms with Crippen LogP contribution in [-0.2, 0) is 12.3 Å². The molecule has 156 valence electrons.